The molecule has 5 rings (SSSR count). The lowest BCUT2D eigenvalue weighted by Gasteiger charge is -2.12. The van der Waals surface area contributed by atoms with Crippen molar-refractivity contribution in [3.05, 3.63) is 102 Å². The van der Waals surface area contributed by atoms with Gasteiger partial charge in [-0.15, -0.1) is 0 Å². The van der Waals surface area contributed by atoms with Gasteiger partial charge in [-0.1, -0.05) is 36.4 Å². The van der Waals surface area contributed by atoms with Crippen molar-refractivity contribution in [2.45, 2.75) is 32.0 Å². The van der Waals surface area contributed by atoms with Crippen LogP contribution in [-0.4, -0.2) is 27.2 Å². The van der Waals surface area contributed by atoms with Crippen molar-refractivity contribution in [3.8, 4) is 5.75 Å². The standard InChI is InChI=1S/C26H26N6O3/c1-17-6-5-13-32-15-20(27-24(17)32)16-35-21-11-9-19(10-12-21)25(33)30-31-26(34)23-14-22(28-29-23)18-7-3-2-4-8-18/h2-13,15,22-23,28-29H,14,16H2,1H3,(H,30,33)(H,31,34). The number of rotatable bonds is 6. The molecule has 0 radical (unpaired) electrons. The molecule has 9 heteroatoms. The van der Waals surface area contributed by atoms with E-state index in [-0.39, 0.29) is 11.9 Å². The zero-order valence-corrected chi connectivity index (χ0v) is 19.2. The predicted octanol–water partition coefficient (Wildman–Crippen LogP) is 2.59. The Hall–Kier alpha value is -4.21. The molecule has 2 amide bonds. The zero-order chi connectivity index (χ0) is 24.2. The minimum Gasteiger partial charge on any atom is -0.487 e. The number of hydrogen-bond acceptors (Lipinski definition) is 6. The van der Waals surface area contributed by atoms with Gasteiger partial charge in [0.1, 0.15) is 24.0 Å². The van der Waals surface area contributed by atoms with Crippen LogP contribution in [0.3, 0.4) is 0 Å². The van der Waals surface area contributed by atoms with E-state index in [1.54, 1.807) is 24.3 Å². The number of carbonyl (C=O) groups is 2. The third-order valence-electron chi connectivity index (χ3n) is 5.95. The summed E-state index contributed by atoms with van der Waals surface area (Å²) in [6.45, 7) is 2.33. The van der Waals surface area contributed by atoms with E-state index in [0.717, 1.165) is 22.5 Å². The van der Waals surface area contributed by atoms with Gasteiger partial charge in [0.05, 0.1) is 5.69 Å². The molecule has 4 aromatic rings. The summed E-state index contributed by atoms with van der Waals surface area (Å²) in [7, 11) is 0. The summed E-state index contributed by atoms with van der Waals surface area (Å²) in [5.41, 5.74) is 15.4. The molecule has 0 bridgehead atoms. The smallest absolute Gasteiger partial charge is 0.269 e. The summed E-state index contributed by atoms with van der Waals surface area (Å²) in [5, 5.41) is 0. The van der Waals surface area contributed by atoms with Crippen LogP contribution < -0.4 is 26.4 Å². The van der Waals surface area contributed by atoms with Crippen molar-refractivity contribution >= 4 is 17.5 Å². The number of fused-ring (bicyclic) bond motifs is 1. The highest BCUT2D eigenvalue weighted by Crippen LogP contribution is 2.21. The predicted molar refractivity (Wildman–Crippen MR) is 130 cm³/mol. The number of nitrogens with one attached hydrogen (secondary N) is 4. The number of nitrogens with zero attached hydrogens (tertiary/aromatic N) is 2. The van der Waals surface area contributed by atoms with Gasteiger partial charge in [0.15, 0.2) is 0 Å². The minimum atomic E-state index is -0.459. The fourth-order valence-corrected chi connectivity index (χ4v) is 4.04. The highest BCUT2D eigenvalue weighted by atomic mass is 16.5. The van der Waals surface area contributed by atoms with E-state index in [9.17, 15) is 9.59 Å². The van der Waals surface area contributed by atoms with Crippen molar-refractivity contribution < 1.29 is 14.3 Å². The van der Waals surface area contributed by atoms with Gasteiger partial charge >= 0.3 is 0 Å². The van der Waals surface area contributed by atoms with Gasteiger partial charge in [0, 0.05) is 24.0 Å². The molecule has 2 aromatic heterocycles. The number of aryl methyl sites for hydroxylation is 1. The molecule has 0 saturated carbocycles. The maximum atomic E-state index is 12.5. The molecule has 4 N–H and O–H groups in total. The average molecular weight is 471 g/mol. The number of aromatic nitrogens is 2. The molecular weight excluding hydrogens is 444 g/mol. The molecule has 1 aliphatic rings. The third kappa shape index (κ3) is 5.16. The molecule has 3 heterocycles. The number of amides is 2. The molecule has 0 aliphatic carbocycles. The number of ether oxygens (including phenoxy) is 1. The Balaban J connectivity index is 1.10. The average Bonchev–Trinajstić information content (AvgIpc) is 3.55. The highest BCUT2D eigenvalue weighted by Gasteiger charge is 2.30. The van der Waals surface area contributed by atoms with E-state index in [1.165, 1.54) is 0 Å². The summed E-state index contributed by atoms with van der Waals surface area (Å²) < 4.78 is 7.78. The van der Waals surface area contributed by atoms with E-state index < -0.39 is 11.9 Å². The van der Waals surface area contributed by atoms with Gasteiger partial charge in [0.2, 0.25) is 0 Å². The van der Waals surface area contributed by atoms with E-state index in [1.807, 2.05) is 66.2 Å². The van der Waals surface area contributed by atoms with Gasteiger partial charge in [-0.25, -0.2) is 15.8 Å². The van der Waals surface area contributed by atoms with Gasteiger partial charge in [0.25, 0.3) is 11.8 Å². The molecule has 178 valence electrons. The van der Waals surface area contributed by atoms with E-state index in [4.69, 9.17) is 4.74 Å². The van der Waals surface area contributed by atoms with E-state index in [0.29, 0.717) is 24.3 Å². The fourth-order valence-electron chi connectivity index (χ4n) is 4.04. The van der Waals surface area contributed by atoms with Crippen LogP contribution in [0.1, 0.15) is 39.6 Å². The normalized spacial score (nSPS) is 17.3. The zero-order valence-electron chi connectivity index (χ0n) is 19.2. The first kappa shape index (κ1) is 22.6. The molecule has 35 heavy (non-hydrogen) atoms. The molecular formula is C26H26N6O3. The van der Waals surface area contributed by atoms with Gasteiger partial charge in [-0.2, -0.15) is 0 Å². The first-order valence-electron chi connectivity index (χ1n) is 11.4. The lowest BCUT2D eigenvalue weighted by Crippen LogP contribution is -2.50. The van der Waals surface area contributed by atoms with Crippen LogP contribution in [0, 0.1) is 6.92 Å². The van der Waals surface area contributed by atoms with Crippen molar-refractivity contribution in [3.63, 3.8) is 0 Å². The summed E-state index contributed by atoms with van der Waals surface area (Å²) in [6, 6.07) is 20.2. The number of benzene rings is 2. The lowest BCUT2D eigenvalue weighted by molar-refractivity contribution is -0.123. The van der Waals surface area contributed by atoms with Crippen molar-refractivity contribution in [2.75, 3.05) is 0 Å². The molecule has 1 saturated heterocycles. The second kappa shape index (κ2) is 9.96. The number of imidazole rings is 1. The summed E-state index contributed by atoms with van der Waals surface area (Å²) in [4.78, 5) is 29.5. The van der Waals surface area contributed by atoms with Gasteiger partial charge in [-0.05, 0) is 54.8 Å². The molecule has 2 aromatic carbocycles. The monoisotopic (exact) mass is 470 g/mol. The number of carbonyl (C=O) groups excluding carboxylic acids is 2. The van der Waals surface area contributed by atoms with Crippen molar-refractivity contribution in [1.29, 1.82) is 0 Å². The summed E-state index contributed by atoms with van der Waals surface area (Å²) in [5.74, 6) is -0.106. The van der Waals surface area contributed by atoms with Crippen LogP contribution >= 0.6 is 0 Å². The first-order valence-corrected chi connectivity index (χ1v) is 11.4. The first-order chi connectivity index (χ1) is 17.1. The quantitative estimate of drug-likeness (QED) is 0.323. The van der Waals surface area contributed by atoms with Crippen molar-refractivity contribution in [1.82, 2.24) is 31.1 Å². The second-order valence-corrected chi connectivity index (χ2v) is 8.45. The molecule has 1 aliphatic heterocycles. The molecule has 0 spiro atoms. The topological polar surface area (TPSA) is 109 Å². The number of pyridine rings is 1. The minimum absolute atomic E-state index is 0.0276. The summed E-state index contributed by atoms with van der Waals surface area (Å²) >= 11 is 0. The molecule has 2 unspecified atom stereocenters. The van der Waals surface area contributed by atoms with Crippen molar-refractivity contribution in [2.24, 2.45) is 0 Å². The van der Waals surface area contributed by atoms with Crippen LogP contribution in [-0.2, 0) is 11.4 Å². The maximum absolute atomic E-state index is 12.5. The highest BCUT2D eigenvalue weighted by molar-refractivity contribution is 5.96. The SMILES string of the molecule is Cc1cccn2cc(COc3ccc(C(=O)NNC(=O)C4CC(c5ccccc5)NN4)cc3)nc12. The Bertz CT molecular complexity index is 1340. The molecule has 1 fully saturated rings. The van der Waals surface area contributed by atoms with Crippen LogP contribution in [0.15, 0.2) is 79.1 Å². The van der Waals surface area contributed by atoms with Gasteiger partial charge in [-0.3, -0.25) is 20.4 Å². The largest absolute Gasteiger partial charge is 0.487 e. The van der Waals surface area contributed by atoms with Gasteiger partial charge < -0.3 is 9.14 Å². The Morgan fingerprint density at radius 2 is 1.83 bits per heavy atom. The van der Waals surface area contributed by atoms with Crippen LogP contribution in [0.4, 0.5) is 0 Å². The molecule has 9 nitrogen and oxygen atoms in total. The number of hydrogen-bond donors (Lipinski definition) is 4. The van der Waals surface area contributed by atoms with E-state index in [2.05, 4.69) is 26.7 Å². The third-order valence-corrected chi connectivity index (χ3v) is 5.95. The number of hydrazine groups is 2. The maximum Gasteiger partial charge on any atom is 0.269 e. The lowest BCUT2D eigenvalue weighted by atomic mass is 10.0. The Morgan fingerprint density at radius 1 is 1.03 bits per heavy atom. The van der Waals surface area contributed by atoms with Crippen LogP contribution in [0.25, 0.3) is 5.65 Å². The Labute approximate surface area is 202 Å². The second-order valence-electron chi connectivity index (χ2n) is 8.45. The Kier molecular flexibility index (Phi) is 6.42. The van der Waals surface area contributed by atoms with Crippen LogP contribution in [0.5, 0.6) is 5.75 Å². The summed E-state index contributed by atoms with van der Waals surface area (Å²) in [6.07, 6.45) is 4.46. The fraction of sp³-hybridized carbons (Fsp3) is 0.192. The Morgan fingerprint density at radius 3 is 2.60 bits per heavy atom. The molecule has 2 atom stereocenters. The van der Waals surface area contributed by atoms with Crippen LogP contribution in [0.2, 0.25) is 0 Å². The van der Waals surface area contributed by atoms with E-state index >= 15 is 0 Å².